The van der Waals surface area contributed by atoms with E-state index in [4.69, 9.17) is 4.43 Å². The van der Waals surface area contributed by atoms with Crippen LogP contribution in [0.5, 0.6) is 0 Å². The summed E-state index contributed by atoms with van der Waals surface area (Å²) in [5.41, 5.74) is 1.14. The Kier molecular flexibility index (Phi) is 6.60. The molecule has 1 aromatic rings. The molecular weight excluding hydrogens is 288 g/mol. The average molecular weight is 321 g/mol. The summed E-state index contributed by atoms with van der Waals surface area (Å²) in [4.78, 5) is 0. The topological polar surface area (TPSA) is 29.5 Å². The molecule has 22 heavy (non-hydrogen) atoms. The third-order valence-corrected chi connectivity index (χ3v) is 9.33. The maximum Gasteiger partial charge on any atom is 0.192 e. The molecule has 0 saturated heterocycles. The first-order valence-electron chi connectivity index (χ1n) is 8.12. The summed E-state index contributed by atoms with van der Waals surface area (Å²) in [6, 6.07) is 10.2. The van der Waals surface area contributed by atoms with Crippen LogP contribution >= 0.6 is 0 Å². The van der Waals surface area contributed by atoms with Crippen LogP contribution in [0.15, 0.2) is 43.0 Å². The van der Waals surface area contributed by atoms with E-state index in [2.05, 4.69) is 52.6 Å². The molecule has 1 rings (SSSR count). The van der Waals surface area contributed by atoms with Crippen molar-refractivity contribution in [3.8, 4) is 0 Å². The van der Waals surface area contributed by atoms with Crippen LogP contribution in [0.2, 0.25) is 18.1 Å². The van der Waals surface area contributed by atoms with Crippen molar-refractivity contribution in [2.45, 2.75) is 64.5 Å². The Morgan fingerprint density at radius 3 is 2.23 bits per heavy atom. The van der Waals surface area contributed by atoms with E-state index < -0.39 is 14.4 Å². The fourth-order valence-corrected chi connectivity index (χ4v) is 3.34. The van der Waals surface area contributed by atoms with Crippen LogP contribution in [0, 0.1) is 5.92 Å². The quantitative estimate of drug-likeness (QED) is 0.544. The van der Waals surface area contributed by atoms with Crippen molar-refractivity contribution in [3.63, 3.8) is 0 Å². The zero-order chi connectivity index (χ0) is 17.0. The van der Waals surface area contributed by atoms with Crippen LogP contribution in [0.25, 0.3) is 0 Å². The highest BCUT2D eigenvalue weighted by molar-refractivity contribution is 6.74. The van der Waals surface area contributed by atoms with E-state index in [0.29, 0.717) is 6.42 Å². The van der Waals surface area contributed by atoms with Crippen molar-refractivity contribution >= 4 is 8.32 Å². The molecule has 0 bridgehead atoms. The highest BCUT2D eigenvalue weighted by Gasteiger charge is 2.39. The molecule has 0 heterocycles. The number of hydrogen-bond acceptors (Lipinski definition) is 2. The first kappa shape index (κ1) is 19.1. The van der Waals surface area contributed by atoms with Gasteiger partial charge in [-0.3, -0.25) is 0 Å². The third-order valence-electron chi connectivity index (χ3n) is 4.85. The lowest BCUT2D eigenvalue weighted by atomic mass is 9.96. The summed E-state index contributed by atoms with van der Waals surface area (Å²) >= 11 is 0. The van der Waals surface area contributed by atoms with Gasteiger partial charge in [-0.25, -0.2) is 0 Å². The van der Waals surface area contributed by atoms with Crippen LogP contribution < -0.4 is 0 Å². The summed E-state index contributed by atoms with van der Waals surface area (Å²) in [7, 11) is -1.90. The van der Waals surface area contributed by atoms with Crippen LogP contribution in [0.3, 0.4) is 0 Å². The Labute approximate surface area is 137 Å². The predicted molar refractivity (Wildman–Crippen MR) is 97.4 cm³/mol. The Hall–Kier alpha value is -0.903. The SMILES string of the molecule is C=C[C@H](C)[C@H](O)C[C@@H](O[Si](C)(C)C(C)(C)C)c1ccccc1. The van der Waals surface area contributed by atoms with Gasteiger partial charge in [0.1, 0.15) is 0 Å². The Balaban J connectivity index is 3.00. The second-order valence-electron chi connectivity index (χ2n) is 7.68. The minimum Gasteiger partial charge on any atom is -0.410 e. The van der Waals surface area contributed by atoms with E-state index in [1.54, 1.807) is 6.08 Å². The van der Waals surface area contributed by atoms with E-state index in [0.717, 1.165) is 5.56 Å². The first-order chi connectivity index (χ1) is 10.1. The second-order valence-corrected chi connectivity index (χ2v) is 12.4. The summed E-state index contributed by atoms with van der Waals surface area (Å²) in [5.74, 6) is 0.0641. The van der Waals surface area contributed by atoms with Crippen LogP contribution in [0.1, 0.15) is 45.8 Å². The van der Waals surface area contributed by atoms with Crippen LogP contribution in [-0.4, -0.2) is 19.5 Å². The van der Waals surface area contributed by atoms with Crippen LogP contribution in [-0.2, 0) is 4.43 Å². The third kappa shape index (κ3) is 5.08. The number of rotatable bonds is 7. The predicted octanol–water partition coefficient (Wildman–Crippen LogP) is 5.32. The molecular formula is C19H32O2Si. The second kappa shape index (κ2) is 7.58. The largest absolute Gasteiger partial charge is 0.410 e. The van der Waals surface area contributed by atoms with Gasteiger partial charge < -0.3 is 9.53 Å². The highest BCUT2D eigenvalue weighted by atomic mass is 28.4. The molecule has 0 unspecified atom stereocenters. The fourth-order valence-electron chi connectivity index (χ4n) is 2.04. The van der Waals surface area contributed by atoms with Gasteiger partial charge in [-0.2, -0.15) is 0 Å². The smallest absolute Gasteiger partial charge is 0.192 e. The molecule has 3 atom stereocenters. The van der Waals surface area contributed by atoms with Gasteiger partial charge in [0.05, 0.1) is 12.2 Å². The number of aliphatic hydroxyl groups excluding tert-OH is 1. The van der Waals surface area contributed by atoms with Gasteiger partial charge in [0.25, 0.3) is 0 Å². The Bertz CT molecular complexity index is 462. The lowest BCUT2D eigenvalue weighted by Crippen LogP contribution is -2.42. The average Bonchev–Trinajstić information content (AvgIpc) is 2.45. The molecule has 0 saturated carbocycles. The molecule has 3 heteroatoms. The lowest BCUT2D eigenvalue weighted by molar-refractivity contribution is 0.0653. The van der Waals surface area contributed by atoms with E-state index in [9.17, 15) is 5.11 Å². The molecule has 0 fully saturated rings. The van der Waals surface area contributed by atoms with Gasteiger partial charge in [-0.05, 0) is 29.6 Å². The Morgan fingerprint density at radius 2 is 1.77 bits per heavy atom. The number of hydrogen-bond donors (Lipinski definition) is 1. The van der Waals surface area contributed by atoms with Crippen molar-refractivity contribution in [2.75, 3.05) is 0 Å². The fraction of sp³-hybridized carbons (Fsp3) is 0.579. The van der Waals surface area contributed by atoms with Crippen LogP contribution in [0.4, 0.5) is 0 Å². The molecule has 2 nitrogen and oxygen atoms in total. The Morgan fingerprint density at radius 1 is 1.23 bits per heavy atom. The molecule has 0 spiro atoms. The first-order valence-corrected chi connectivity index (χ1v) is 11.0. The van der Waals surface area contributed by atoms with E-state index in [1.165, 1.54) is 0 Å². The molecule has 0 aromatic heterocycles. The molecule has 0 radical (unpaired) electrons. The monoisotopic (exact) mass is 320 g/mol. The van der Waals surface area contributed by atoms with Gasteiger partial charge in [-0.1, -0.05) is 64.1 Å². The molecule has 0 amide bonds. The molecule has 0 aliphatic carbocycles. The normalized spacial score (nSPS) is 16.9. The minimum atomic E-state index is -1.90. The van der Waals surface area contributed by atoms with Crippen molar-refractivity contribution in [2.24, 2.45) is 5.92 Å². The van der Waals surface area contributed by atoms with Gasteiger partial charge in [0.15, 0.2) is 8.32 Å². The zero-order valence-corrected chi connectivity index (χ0v) is 16.0. The van der Waals surface area contributed by atoms with Gasteiger partial charge in [0.2, 0.25) is 0 Å². The molecule has 1 N–H and O–H groups in total. The van der Waals surface area contributed by atoms with Crippen molar-refractivity contribution in [1.29, 1.82) is 0 Å². The lowest BCUT2D eigenvalue weighted by Gasteiger charge is -2.40. The van der Waals surface area contributed by atoms with Gasteiger partial charge in [0, 0.05) is 6.42 Å². The maximum absolute atomic E-state index is 10.4. The van der Waals surface area contributed by atoms with E-state index >= 15 is 0 Å². The van der Waals surface area contributed by atoms with Crippen molar-refractivity contribution in [3.05, 3.63) is 48.6 Å². The van der Waals surface area contributed by atoms with Crippen molar-refractivity contribution < 1.29 is 9.53 Å². The minimum absolute atomic E-state index is 0.0641. The molecule has 124 valence electrons. The van der Waals surface area contributed by atoms with E-state index in [1.807, 2.05) is 25.1 Å². The highest BCUT2D eigenvalue weighted by Crippen LogP contribution is 2.41. The molecule has 0 aliphatic heterocycles. The summed E-state index contributed by atoms with van der Waals surface area (Å²) < 4.78 is 6.60. The van der Waals surface area contributed by atoms with Crippen molar-refractivity contribution in [1.82, 2.24) is 0 Å². The number of benzene rings is 1. The standard InChI is InChI=1S/C19H32O2Si/c1-8-15(2)17(20)14-18(16-12-10-9-11-13-16)21-22(6,7)19(3,4)5/h8-13,15,17-18,20H,1,14H2,2-7H3/t15-,17+,18+/m0/s1. The number of aliphatic hydroxyl groups is 1. The summed E-state index contributed by atoms with van der Waals surface area (Å²) in [6.07, 6.45) is 1.90. The maximum atomic E-state index is 10.4. The van der Waals surface area contributed by atoms with Gasteiger partial charge in [-0.15, -0.1) is 6.58 Å². The van der Waals surface area contributed by atoms with Gasteiger partial charge >= 0.3 is 0 Å². The summed E-state index contributed by atoms with van der Waals surface area (Å²) in [6.45, 7) is 17.0. The zero-order valence-electron chi connectivity index (χ0n) is 15.0. The molecule has 0 aliphatic rings. The van der Waals surface area contributed by atoms with E-state index in [-0.39, 0.29) is 17.1 Å². The molecule has 1 aromatic carbocycles. The summed E-state index contributed by atoms with van der Waals surface area (Å²) in [5, 5.41) is 10.6.